The van der Waals surface area contributed by atoms with E-state index in [0.717, 1.165) is 69.5 Å². The van der Waals surface area contributed by atoms with Crippen LogP contribution in [0.15, 0.2) is 54.7 Å². The number of ketones is 1. The van der Waals surface area contributed by atoms with Gasteiger partial charge in [0.2, 0.25) is 5.91 Å². The molecule has 9 nitrogen and oxygen atoms in total. The molecule has 0 saturated heterocycles. The van der Waals surface area contributed by atoms with Gasteiger partial charge in [-0.3, -0.25) is 9.59 Å². The largest absolute Gasteiger partial charge is 0.497 e. The minimum Gasteiger partial charge on any atom is -0.497 e. The molecule has 1 atom stereocenters. The highest BCUT2D eigenvalue weighted by Crippen LogP contribution is 2.31. The SMILES string of the molecule is CCC(=O)CCCCC[C@H](NC(=O)Cc1c(C)[nH]c2ccc(OC)cc12)c1ncc(-c2cc(OC)c3ccccc3n2)[nH]1. The Morgan fingerprint density at radius 3 is 2.60 bits per heavy atom. The molecule has 3 N–H and O–H groups in total. The monoisotopic (exact) mass is 581 g/mol. The molecule has 3 heterocycles. The van der Waals surface area contributed by atoms with E-state index in [2.05, 4.69) is 20.3 Å². The molecular formula is C34H39N5O4. The summed E-state index contributed by atoms with van der Waals surface area (Å²) in [6.45, 7) is 3.88. The Hall–Kier alpha value is -4.66. The fraction of sp³-hybridized carbons (Fsp3) is 0.353. The van der Waals surface area contributed by atoms with E-state index in [4.69, 9.17) is 14.5 Å². The summed E-state index contributed by atoms with van der Waals surface area (Å²) in [5, 5.41) is 5.14. The summed E-state index contributed by atoms with van der Waals surface area (Å²) < 4.78 is 11.1. The van der Waals surface area contributed by atoms with Crippen LogP contribution < -0.4 is 14.8 Å². The Kier molecular flexibility index (Phi) is 9.39. The molecule has 0 aliphatic heterocycles. The number of nitrogens with zero attached hydrogens (tertiary/aromatic N) is 2. The first-order chi connectivity index (χ1) is 20.9. The van der Waals surface area contributed by atoms with Gasteiger partial charge in [0.15, 0.2) is 0 Å². The Labute approximate surface area is 251 Å². The smallest absolute Gasteiger partial charge is 0.225 e. The number of imidazole rings is 1. The zero-order valence-corrected chi connectivity index (χ0v) is 25.3. The van der Waals surface area contributed by atoms with Crippen molar-refractivity contribution in [2.75, 3.05) is 14.2 Å². The number of amides is 1. The number of benzene rings is 2. The van der Waals surface area contributed by atoms with Crippen LogP contribution in [0.25, 0.3) is 33.2 Å². The number of rotatable bonds is 14. The van der Waals surface area contributed by atoms with Gasteiger partial charge < -0.3 is 24.8 Å². The fourth-order valence-corrected chi connectivity index (χ4v) is 5.52. The molecule has 0 unspecified atom stereocenters. The van der Waals surface area contributed by atoms with Gasteiger partial charge in [-0.2, -0.15) is 0 Å². The highest BCUT2D eigenvalue weighted by atomic mass is 16.5. The predicted molar refractivity (Wildman–Crippen MR) is 168 cm³/mol. The molecule has 0 radical (unpaired) electrons. The number of fused-ring (bicyclic) bond motifs is 2. The standard InChI is InChI=1S/C34H39N5O4/c1-5-22(40)11-7-6-8-14-29(38-33(41)18-25-21(2)36-28-16-15-23(42-3)17-26(25)28)34-35-20-31(39-34)30-19-32(43-4)24-12-9-10-13-27(24)37-30/h9-10,12-13,15-17,19-20,29,36H,5-8,11,14,18H2,1-4H3,(H,35,39)(H,38,41)/t29-/m0/s1. The summed E-state index contributed by atoms with van der Waals surface area (Å²) in [4.78, 5) is 41.5. The van der Waals surface area contributed by atoms with Gasteiger partial charge in [-0.25, -0.2) is 9.97 Å². The lowest BCUT2D eigenvalue weighted by atomic mass is 10.0. The summed E-state index contributed by atoms with van der Waals surface area (Å²) in [6, 6.07) is 15.2. The normalized spacial score (nSPS) is 12.0. The average molecular weight is 582 g/mol. The minimum atomic E-state index is -0.328. The molecule has 0 spiro atoms. The van der Waals surface area contributed by atoms with Crippen molar-refractivity contribution in [1.29, 1.82) is 0 Å². The predicted octanol–water partition coefficient (Wildman–Crippen LogP) is 6.76. The first-order valence-electron chi connectivity index (χ1n) is 14.9. The summed E-state index contributed by atoms with van der Waals surface area (Å²) in [5.74, 6) is 2.33. The number of hydrogen-bond acceptors (Lipinski definition) is 6. The second kappa shape index (κ2) is 13.5. The number of ether oxygens (including phenoxy) is 2. The topological polar surface area (TPSA) is 122 Å². The first kappa shape index (κ1) is 29.8. The van der Waals surface area contributed by atoms with Gasteiger partial charge in [0.1, 0.15) is 23.1 Å². The van der Waals surface area contributed by atoms with Crippen molar-refractivity contribution in [2.45, 2.75) is 64.8 Å². The van der Waals surface area contributed by atoms with Crippen LogP contribution in [0.1, 0.15) is 68.6 Å². The molecule has 43 heavy (non-hydrogen) atoms. The number of aryl methyl sites for hydroxylation is 1. The molecule has 2 aromatic carbocycles. The molecule has 224 valence electrons. The van der Waals surface area contributed by atoms with E-state index < -0.39 is 0 Å². The van der Waals surface area contributed by atoms with Gasteiger partial charge in [-0.1, -0.05) is 31.9 Å². The van der Waals surface area contributed by atoms with Gasteiger partial charge in [-0.05, 0) is 55.7 Å². The van der Waals surface area contributed by atoms with E-state index in [1.807, 2.05) is 62.4 Å². The molecule has 3 aromatic heterocycles. The number of aromatic nitrogens is 4. The van der Waals surface area contributed by atoms with E-state index in [9.17, 15) is 9.59 Å². The Morgan fingerprint density at radius 2 is 1.81 bits per heavy atom. The highest BCUT2D eigenvalue weighted by Gasteiger charge is 2.21. The lowest BCUT2D eigenvalue weighted by molar-refractivity contribution is -0.121. The van der Waals surface area contributed by atoms with E-state index in [-0.39, 0.29) is 24.2 Å². The third-order valence-electron chi connectivity index (χ3n) is 7.94. The Balaban J connectivity index is 1.37. The van der Waals surface area contributed by atoms with Crippen LogP contribution in [0, 0.1) is 6.92 Å². The summed E-state index contributed by atoms with van der Waals surface area (Å²) in [7, 11) is 3.28. The maximum Gasteiger partial charge on any atom is 0.225 e. The van der Waals surface area contributed by atoms with E-state index in [1.54, 1.807) is 20.4 Å². The van der Waals surface area contributed by atoms with Crippen molar-refractivity contribution in [3.63, 3.8) is 0 Å². The molecule has 0 aliphatic carbocycles. The van der Waals surface area contributed by atoms with Crippen molar-refractivity contribution in [1.82, 2.24) is 25.3 Å². The van der Waals surface area contributed by atoms with Crippen molar-refractivity contribution in [3.05, 3.63) is 71.8 Å². The van der Waals surface area contributed by atoms with Crippen molar-refractivity contribution in [2.24, 2.45) is 0 Å². The molecule has 0 aliphatic rings. The number of unbranched alkanes of at least 4 members (excludes halogenated alkanes) is 2. The molecule has 0 bridgehead atoms. The minimum absolute atomic E-state index is 0.0959. The van der Waals surface area contributed by atoms with Crippen LogP contribution >= 0.6 is 0 Å². The van der Waals surface area contributed by atoms with E-state index >= 15 is 0 Å². The summed E-state index contributed by atoms with van der Waals surface area (Å²) >= 11 is 0. The molecule has 1 amide bonds. The maximum absolute atomic E-state index is 13.5. The lowest BCUT2D eigenvalue weighted by Gasteiger charge is -2.17. The Morgan fingerprint density at radius 1 is 0.977 bits per heavy atom. The van der Waals surface area contributed by atoms with Gasteiger partial charge in [0.05, 0.1) is 49.8 Å². The number of aromatic amines is 2. The number of para-hydroxylation sites is 1. The highest BCUT2D eigenvalue weighted by molar-refractivity contribution is 5.91. The third-order valence-corrected chi connectivity index (χ3v) is 7.94. The Bertz CT molecular complexity index is 1740. The van der Waals surface area contributed by atoms with Gasteiger partial charge in [-0.15, -0.1) is 0 Å². The number of H-pyrrole nitrogens is 2. The molecular weight excluding hydrogens is 542 g/mol. The van der Waals surface area contributed by atoms with Crippen LogP contribution in [-0.4, -0.2) is 45.8 Å². The second-order valence-corrected chi connectivity index (χ2v) is 10.8. The van der Waals surface area contributed by atoms with Gasteiger partial charge in [0.25, 0.3) is 0 Å². The average Bonchev–Trinajstić information content (AvgIpc) is 3.64. The lowest BCUT2D eigenvalue weighted by Crippen LogP contribution is -2.30. The number of carbonyl (C=O) groups excluding carboxylic acids is 2. The number of pyridine rings is 1. The molecule has 9 heteroatoms. The summed E-state index contributed by atoms with van der Waals surface area (Å²) in [6.07, 6.45) is 6.41. The van der Waals surface area contributed by atoms with Crippen molar-refractivity contribution in [3.8, 4) is 22.9 Å². The van der Waals surface area contributed by atoms with Crippen LogP contribution in [0.4, 0.5) is 0 Å². The number of Topliss-reactive ketones (excluding diaryl/α,β-unsaturated/α-hetero) is 1. The van der Waals surface area contributed by atoms with Crippen LogP contribution in [0.5, 0.6) is 11.5 Å². The first-order valence-corrected chi connectivity index (χ1v) is 14.9. The fourth-order valence-electron chi connectivity index (χ4n) is 5.52. The number of methoxy groups -OCH3 is 2. The van der Waals surface area contributed by atoms with Gasteiger partial charge >= 0.3 is 0 Å². The number of hydrogen-bond donors (Lipinski definition) is 3. The quantitative estimate of drug-likeness (QED) is 0.125. The second-order valence-electron chi connectivity index (χ2n) is 10.8. The van der Waals surface area contributed by atoms with Crippen LogP contribution in [0.2, 0.25) is 0 Å². The number of nitrogens with one attached hydrogen (secondary N) is 3. The zero-order valence-electron chi connectivity index (χ0n) is 25.3. The van der Waals surface area contributed by atoms with Gasteiger partial charge in [0, 0.05) is 40.9 Å². The number of carbonyl (C=O) groups is 2. The summed E-state index contributed by atoms with van der Waals surface area (Å²) in [5.41, 5.74) is 5.13. The van der Waals surface area contributed by atoms with Crippen molar-refractivity contribution < 1.29 is 19.1 Å². The third kappa shape index (κ3) is 6.88. The maximum atomic E-state index is 13.5. The van der Waals surface area contributed by atoms with Crippen molar-refractivity contribution >= 4 is 33.5 Å². The molecule has 0 fully saturated rings. The van der Waals surface area contributed by atoms with Crippen LogP contribution in [0.3, 0.4) is 0 Å². The molecule has 5 rings (SSSR count). The zero-order chi connectivity index (χ0) is 30.3. The molecule has 5 aromatic rings. The van der Waals surface area contributed by atoms with Crippen LogP contribution in [-0.2, 0) is 16.0 Å². The molecule has 0 saturated carbocycles. The van der Waals surface area contributed by atoms with E-state index in [0.29, 0.717) is 30.8 Å². The van der Waals surface area contributed by atoms with E-state index in [1.165, 1.54) is 0 Å².